The number of benzene rings is 1. The topological polar surface area (TPSA) is 52.3 Å². The number of halogens is 1. The lowest BCUT2D eigenvalue weighted by atomic mass is 10.1. The van der Waals surface area contributed by atoms with Crippen molar-refractivity contribution in [1.82, 2.24) is 0 Å². The maximum atomic E-state index is 12.2. The highest BCUT2D eigenvalue weighted by Crippen LogP contribution is 2.27. The first kappa shape index (κ1) is 12.1. The first-order chi connectivity index (χ1) is 8.11. The zero-order valence-corrected chi connectivity index (χ0v) is 11.5. The van der Waals surface area contributed by atoms with Crippen molar-refractivity contribution in [2.24, 2.45) is 0 Å². The SMILES string of the molecule is COc1csc(C(=O)c2ccc(N)cc2Br)c1. The summed E-state index contributed by atoms with van der Waals surface area (Å²) in [7, 11) is 1.58. The molecule has 0 aliphatic carbocycles. The number of methoxy groups -OCH3 is 1. The van der Waals surface area contributed by atoms with E-state index in [1.54, 1.807) is 36.8 Å². The molecule has 0 saturated heterocycles. The highest BCUT2D eigenvalue weighted by molar-refractivity contribution is 9.10. The minimum absolute atomic E-state index is 0.0369. The smallest absolute Gasteiger partial charge is 0.204 e. The number of nitrogen functional groups attached to an aromatic ring is 1. The predicted octanol–water partition coefficient (Wildman–Crippen LogP) is 3.33. The summed E-state index contributed by atoms with van der Waals surface area (Å²) in [6.45, 7) is 0. The molecule has 0 aliphatic rings. The van der Waals surface area contributed by atoms with Crippen LogP contribution >= 0.6 is 27.3 Å². The minimum atomic E-state index is -0.0369. The zero-order chi connectivity index (χ0) is 12.4. The largest absolute Gasteiger partial charge is 0.496 e. The van der Waals surface area contributed by atoms with Gasteiger partial charge in [0, 0.05) is 27.2 Å². The molecule has 1 aromatic carbocycles. The molecule has 2 N–H and O–H groups in total. The third-order valence-corrected chi connectivity index (χ3v) is 3.84. The molecule has 1 aromatic heterocycles. The molecule has 2 rings (SSSR count). The summed E-state index contributed by atoms with van der Waals surface area (Å²) in [4.78, 5) is 12.8. The second kappa shape index (κ2) is 4.89. The Labute approximate surface area is 111 Å². The van der Waals surface area contributed by atoms with Gasteiger partial charge in [-0.15, -0.1) is 11.3 Å². The van der Waals surface area contributed by atoms with Crippen LogP contribution in [0.25, 0.3) is 0 Å². The fourth-order valence-electron chi connectivity index (χ4n) is 1.39. The molecule has 0 saturated carbocycles. The number of hydrogen-bond acceptors (Lipinski definition) is 4. The van der Waals surface area contributed by atoms with Crippen LogP contribution in [0, 0.1) is 0 Å². The van der Waals surface area contributed by atoms with Gasteiger partial charge in [-0.1, -0.05) is 0 Å². The van der Waals surface area contributed by atoms with Gasteiger partial charge in [0.05, 0.1) is 12.0 Å². The molecule has 17 heavy (non-hydrogen) atoms. The van der Waals surface area contributed by atoms with E-state index in [1.165, 1.54) is 11.3 Å². The first-order valence-corrected chi connectivity index (χ1v) is 6.51. The molecule has 0 unspecified atom stereocenters. The second-order valence-corrected chi connectivity index (χ2v) is 5.18. The van der Waals surface area contributed by atoms with E-state index in [2.05, 4.69) is 15.9 Å². The molecular weight excluding hydrogens is 302 g/mol. The number of anilines is 1. The zero-order valence-electron chi connectivity index (χ0n) is 9.07. The van der Waals surface area contributed by atoms with Crippen LogP contribution in [0.4, 0.5) is 5.69 Å². The summed E-state index contributed by atoms with van der Waals surface area (Å²) < 4.78 is 5.76. The average Bonchev–Trinajstić information content (AvgIpc) is 2.76. The summed E-state index contributed by atoms with van der Waals surface area (Å²) in [6, 6.07) is 6.88. The van der Waals surface area contributed by atoms with E-state index in [-0.39, 0.29) is 5.78 Å². The van der Waals surface area contributed by atoms with E-state index in [9.17, 15) is 4.79 Å². The third-order valence-electron chi connectivity index (χ3n) is 2.27. The second-order valence-electron chi connectivity index (χ2n) is 3.42. The van der Waals surface area contributed by atoms with Gasteiger partial charge in [0.2, 0.25) is 5.78 Å². The number of nitrogens with two attached hydrogens (primary N) is 1. The Kier molecular flexibility index (Phi) is 3.49. The normalized spacial score (nSPS) is 10.2. The van der Waals surface area contributed by atoms with Crippen molar-refractivity contribution in [2.75, 3.05) is 12.8 Å². The Balaban J connectivity index is 2.36. The van der Waals surface area contributed by atoms with Gasteiger partial charge in [0.25, 0.3) is 0 Å². The van der Waals surface area contributed by atoms with Crippen LogP contribution in [-0.2, 0) is 0 Å². The molecule has 0 fully saturated rings. The Morgan fingerprint density at radius 1 is 1.41 bits per heavy atom. The van der Waals surface area contributed by atoms with E-state index < -0.39 is 0 Å². The third kappa shape index (κ3) is 2.50. The Hall–Kier alpha value is -1.33. The number of ketones is 1. The number of carbonyl (C=O) groups is 1. The van der Waals surface area contributed by atoms with Gasteiger partial charge >= 0.3 is 0 Å². The summed E-state index contributed by atoms with van der Waals surface area (Å²) in [6.07, 6.45) is 0. The van der Waals surface area contributed by atoms with E-state index in [4.69, 9.17) is 10.5 Å². The summed E-state index contributed by atoms with van der Waals surface area (Å²) >= 11 is 4.70. The number of carbonyl (C=O) groups excluding carboxylic acids is 1. The molecule has 88 valence electrons. The molecule has 0 atom stereocenters. The van der Waals surface area contributed by atoms with Crippen LogP contribution in [0.1, 0.15) is 15.2 Å². The molecular formula is C12H10BrNO2S. The minimum Gasteiger partial charge on any atom is -0.496 e. The van der Waals surface area contributed by atoms with Crippen molar-refractivity contribution in [2.45, 2.75) is 0 Å². The number of ether oxygens (including phenoxy) is 1. The maximum absolute atomic E-state index is 12.2. The van der Waals surface area contributed by atoms with Crippen LogP contribution in [0.5, 0.6) is 5.75 Å². The molecule has 5 heteroatoms. The van der Waals surface area contributed by atoms with Crippen molar-refractivity contribution in [3.05, 3.63) is 44.6 Å². The lowest BCUT2D eigenvalue weighted by molar-refractivity contribution is 0.104. The molecule has 0 radical (unpaired) electrons. The van der Waals surface area contributed by atoms with E-state index >= 15 is 0 Å². The molecule has 0 bridgehead atoms. The van der Waals surface area contributed by atoms with Crippen LogP contribution in [0.2, 0.25) is 0 Å². The molecule has 0 amide bonds. The Bertz CT molecular complexity index is 565. The summed E-state index contributed by atoms with van der Waals surface area (Å²) in [5.74, 6) is 0.662. The van der Waals surface area contributed by atoms with Gasteiger partial charge in [0.1, 0.15) is 5.75 Å². The van der Waals surface area contributed by atoms with Crippen LogP contribution < -0.4 is 10.5 Å². The number of rotatable bonds is 3. The van der Waals surface area contributed by atoms with E-state index in [1.807, 2.05) is 0 Å². The van der Waals surface area contributed by atoms with Gasteiger partial charge in [-0.2, -0.15) is 0 Å². The Morgan fingerprint density at radius 2 is 2.18 bits per heavy atom. The van der Waals surface area contributed by atoms with Crippen LogP contribution in [0.3, 0.4) is 0 Å². The van der Waals surface area contributed by atoms with Crippen LogP contribution in [-0.4, -0.2) is 12.9 Å². The fourth-order valence-corrected chi connectivity index (χ4v) is 2.78. The quantitative estimate of drug-likeness (QED) is 0.698. The van der Waals surface area contributed by atoms with Gasteiger partial charge < -0.3 is 10.5 Å². The van der Waals surface area contributed by atoms with Crippen molar-refractivity contribution in [3.63, 3.8) is 0 Å². The van der Waals surface area contributed by atoms with Gasteiger partial charge in [-0.05, 0) is 34.1 Å². The lowest BCUT2D eigenvalue weighted by Gasteiger charge is -2.02. The van der Waals surface area contributed by atoms with E-state index in [0.29, 0.717) is 26.4 Å². The van der Waals surface area contributed by atoms with Crippen molar-refractivity contribution < 1.29 is 9.53 Å². The van der Waals surface area contributed by atoms with Gasteiger partial charge in [0.15, 0.2) is 0 Å². The van der Waals surface area contributed by atoms with Gasteiger partial charge in [-0.25, -0.2) is 0 Å². The lowest BCUT2D eigenvalue weighted by Crippen LogP contribution is -2.00. The highest BCUT2D eigenvalue weighted by Gasteiger charge is 2.15. The fraction of sp³-hybridized carbons (Fsp3) is 0.0833. The monoisotopic (exact) mass is 311 g/mol. The van der Waals surface area contributed by atoms with Gasteiger partial charge in [-0.3, -0.25) is 4.79 Å². The van der Waals surface area contributed by atoms with Crippen molar-refractivity contribution in [1.29, 1.82) is 0 Å². The molecule has 0 spiro atoms. The molecule has 1 heterocycles. The standard InChI is InChI=1S/C12H10BrNO2S/c1-16-8-5-11(17-6-8)12(15)9-3-2-7(14)4-10(9)13/h2-6H,14H2,1H3. The van der Waals surface area contributed by atoms with Crippen molar-refractivity contribution in [3.8, 4) is 5.75 Å². The Morgan fingerprint density at radius 3 is 2.76 bits per heavy atom. The summed E-state index contributed by atoms with van der Waals surface area (Å²) in [5.41, 5.74) is 6.86. The number of hydrogen-bond donors (Lipinski definition) is 1. The molecule has 0 aliphatic heterocycles. The average molecular weight is 312 g/mol. The number of thiophene rings is 1. The van der Waals surface area contributed by atoms with Crippen molar-refractivity contribution >= 4 is 38.7 Å². The summed E-state index contributed by atoms with van der Waals surface area (Å²) in [5, 5.41) is 1.80. The predicted molar refractivity (Wildman–Crippen MR) is 72.9 cm³/mol. The molecule has 2 aromatic rings. The first-order valence-electron chi connectivity index (χ1n) is 4.84. The van der Waals surface area contributed by atoms with E-state index in [0.717, 1.165) is 0 Å². The van der Waals surface area contributed by atoms with Crippen LogP contribution in [0.15, 0.2) is 34.1 Å². The maximum Gasteiger partial charge on any atom is 0.204 e. The highest BCUT2D eigenvalue weighted by atomic mass is 79.9. The molecule has 3 nitrogen and oxygen atoms in total.